The minimum Gasteiger partial charge on any atom is -0.392 e. The van der Waals surface area contributed by atoms with Gasteiger partial charge in [0.25, 0.3) is 5.91 Å². The molecule has 20 heavy (non-hydrogen) atoms. The molecule has 0 saturated heterocycles. The number of thioether (sulfide) groups is 1. The standard InChI is InChI=1S/C14H15N3O2S/c15-17-14(19)13-3-1-2-11(16-13)9-20-12-6-4-10(8-18)5-7-12/h1-7,18H,8-9,15H2,(H,17,19). The number of aromatic nitrogens is 1. The van der Waals surface area contributed by atoms with Gasteiger partial charge in [0, 0.05) is 10.6 Å². The van der Waals surface area contributed by atoms with E-state index in [4.69, 9.17) is 10.9 Å². The van der Waals surface area contributed by atoms with Crippen LogP contribution in [0.5, 0.6) is 0 Å². The Labute approximate surface area is 121 Å². The summed E-state index contributed by atoms with van der Waals surface area (Å²) in [6.45, 7) is 0.0444. The number of nitrogens with two attached hydrogens (primary N) is 1. The fourth-order valence-corrected chi connectivity index (χ4v) is 2.41. The fraction of sp³-hybridized carbons (Fsp3) is 0.143. The summed E-state index contributed by atoms with van der Waals surface area (Å²) in [5, 5.41) is 8.98. The van der Waals surface area contributed by atoms with Crippen LogP contribution in [0.4, 0.5) is 0 Å². The van der Waals surface area contributed by atoms with Gasteiger partial charge < -0.3 is 5.11 Å². The topological polar surface area (TPSA) is 88.2 Å². The molecule has 1 heterocycles. The zero-order valence-corrected chi connectivity index (χ0v) is 11.6. The summed E-state index contributed by atoms with van der Waals surface area (Å²) < 4.78 is 0. The summed E-state index contributed by atoms with van der Waals surface area (Å²) in [5.74, 6) is 5.34. The number of hydrazine groups is 1. The normalized spacial score (nSPS) is 10.3. The number of rotatable bonds is 5. The summed E-state index contributed by atoms with van der Waals surface area (Å²) in [4.78, 5) is 16.7. The Morgan fingerprint density at radius 3 is 2.65 bits per heavy atom. The van der Waals surface area contributed by atoms with Gasteiger partial charge in [-0.1, -0.05) is 18.2 Å². The van der Waals surface area contributed by atoms with Crippen LogP contribution in [0.2, 0.25) is 0 Å². The van der Waals surface area contributed by atoms with Crippen LogP contribution in [0.15, 0.2) is 47.4 Å². The summed E-state index contributed by atoms with van der Waals surface area (Å²) in [5.41, 5.74) is 4.06. The van der Waals surface area contributed by atoms with E-state index in [1.54, 1.807) is 23.9 Å². The maximum absolute atomic E-state index is 11.4. The molecule has 0 bridgehead atoms. The van der Waals surface area contributed by atoms with E-state index < -0.39 is 5.91 Å². The van der Waals surface area contributed by atoms with Crippen LogP contribution in [0.3, 0.4) is 0 Å². The van der Waals surface area contributed by atoms with Gasteiger partial charge in [0.1, 0.15) is 5.69 Å². The van der Waals surface area contributed by atoms with Crippen molar-refractivity contribution >= 4 is 17.7 Å². The van der Waals surface area contributed by atoms with Gasteiger partial charge in [-0.2, -0.15) is 0 Å². The van der Waals surface area contributed by atoms with Gasteiger partial charge in [-0.3, -0.25) is 10.2 Å². The maximum atomic E-state index is 11.4. The maximum Gasteiger partial charge on any atom is 0.283 e. The van der Waals surface area contributed by atoms with Crippen molar-refractivity contribution in [2.45, 2.75) is 17.3 Å². The van der Waals surface area contributed by atoms with Crippen molar-refractivity contribution in [3.05, 3.63) is 59.4 Å². The van der Waals surface area contributed by atoms with Gasteiger partial charge in [-0.05, 0) is 29.8 Å². The molecule has 0 unspecified atom stereocenters. The number of hydrogen-bond donors (Lipinski definition) is 3. The van der Waals surface area contributed by atoms with Gasteiger partial charge in [0.2, 0.25) is 0 Å². The van der Waals surface area contributed by atoms with E-state index in [-0.39, 0.29) is 6.61 Å². The second-order valence-electron chi connectivity index (χ2n) is 4.08. The lowest BCUT2D eigenvalue weighted by molar-refractivity contribution is 0.0948. The second-order valence-corrected chi connectivity index (χ2v) is 5.13. The summed E-state index contributed by atoms with van der Waals surface area (Å²) >= 11 is 1.61. The Balaban J connectivity index is 2.01. The van der Waals surface area contributed by atoms with Crippen LogP contribution in [0, 0.1) is 0 Å². The molecule has 5 nitrogen and oxygen atoms in total. The minimum absolute atomic E-state index is 0.0444. The Bertz CT molecular complexity index is 587. The minimum atomic E-state index is -0.399. The lowest BCUT2D eigenvalue weighted by Crippen LogP contribution is -2.30. The zero-order chi connectivity index (χ0) is 14.4. The quantitative estimate of drug-likeness (QED) is 0.336. The second kappa shape index (κ2) is 7.04. The molecule has 0 atom stereocenters. The van der Waals surface area contributed by atoms with Gasteiger partial charge in [-0.15, -0.1) is 11.8 Å². The van der Waals surface area contributed by atoms with Crippen molar-refractivity contribution in [2.75, 3.05) is 0 Å². The molecule has 1 aromatic heterocycles. The Morgan fingerprint density at radius 1 is 1.25 bits per heavy atom. The molecule has 0 fully saturated rings. The SMILES string of the molecule is NNC(=O)c1cccc(CSc2ccc(CO)cc2)n1. The molecular weight excluding hydrogens is 274 g/mol. The first kappa shape index (κ1) is 14.5. The van der Waals surface area contributed by atoms with Crippen LogP contribution in [-0.4, -0.2) is 16.0 Å². The Hall–Kier alpha value is -1.89. The number of nitrogens with one attached hydrogen (secondary N) is 1. The van der Waals surface area contributed by atoms with Gasteiger partial charge in [0.05, 0.1) is 12.3 Å². The number of nitrogens with zero attached hydrogens (tertiary/aromatic N) is 1. The van der Waals surface area contributed by atoms with Crippen molar-refractivity contribution in [2.24, 2.45) is 5.84 Å². The number of benzene rings is 1. The third-order valence-electron chi connectivity index (χ3n) is 2.66. The van der Waals surface area contributed by atoms with E-state index in [0.717, 1.165) is 16.2 Å². The largest absolute Gasteiger partial charge is 0.392 e. The summed E-state index contributed by atoms with van der Waals surface area (Å²) in [7, 11) is 0. The predicted molar refractivity (Wildman–Crippen MR) is 77.8 cm³/mol. The molecule has 6 heteroatoms. The molecule has 1 amide bonds. The van der Waals surface area contributed by atoms with E-state index in [9.17, 15) is 4.79 Å². The van der Waals surface area contributed by atoms with Crippen molar-refractivity contribution in [1.82, 2.24) is 10.4 Å². The average Bonchev–Trinajstić information content (AvgIpc) is 2.53. The highest BCUT2D eigenvalue weighted by Gasteiger charge is 2.06. The molecule has 0 aliphatic heterocycles. The van der Waals surface area contributed by atoms with Crippen molar-refractivity contribution in [3.8, 4) is 0 Å². The van der Waals surface area contributed by atoms with E-state index in [2.05, 4.69) is 10.4 Å². The fourth-order valence-electron chi connectivity index (χ4n) is 1.61. The molecule has 2 rings (SSSR count). The Kier molecular flexibility index (Phi) is 5.11. The van der Waals surface area contributed by atoms with Crippen molar-refractivity contribution in [1.29, 1.82) is 0 Å². The van der Waals surface area contributed by atoms with Crippen LogP contribution >= 0.6 is 11.8 Å². The number of amides is 1. The van der Waals surface area contributed by atoms with E-state index in [1.807, 2.05) is 30.3 Å². The van der Waals surface area contributed by atoms with Gasteiger partial charge in [0.15, 0.2) is 0 Å². The molecule has 104 valence electrons. The van der Waals surface area contributed by atoms with Crippen LogP contribution in [0.25, 0.3) is 0 Å². The molecule has 4 N–H and O–H groups in total. The molecule has 2 aromatic rings. The number of aliphatic hydroxyl groups excluding tert-OH is 1. The number of carbonyl (C=O) groups is 1. The highest BCUT2D eigenvalue weighted by Crippen LogP contribution is 2.22. The Morgan fingerprint density at radius 2 is 2.00 bits per heavy atom. The first-order valence-electron chi connectivity index (χ1n) is 6.02. The zero-order valence-electron chi connectivity index (χ0n) is 10.7. The van der Waals surface area contributed by atoms with E-state index >= 15 is 0 Å². The molecule has 0 aliphatic carbocycles. The summed E-state index contributed by atoms with van der Waals surface area (Å²) in [6.07, 6.45) is 0. The van der Waals surface area contributed by atoms with Crippen molar-refractivity contribution < 1.29 is 9.90 Å². The van der Waals surface area contributed by atoms with E-state index in [1.165, 1.54) is 0 Å². The number of hydrogen-bond acceptors (Lipinski definition) is 5. The lowest BCUT2D eigenvalue weighted by Gasteiger charge is -2.04. The van der Waals surface area contributed by atoms with E-state index in [0.29, 0.717) is 11.4 Å². The highest BCUT2D eigenvalue weighted by atomic mass is 32.2. The first-order chi connectivity index (χ1) is 9.72. The molecule has 0 spiro atoms. The van der Waals surface area contributed by atoms with Crippen LogP contribution < -0.4 is 11.3 Å². The molecule has 0 saturated carbocycles. The highest BCUT2D eigenvalue weighted by molar-refractivity contribution is 7.98. The molecule has 1 aromatic carbocycles. The number of pyridine rings is 1. The number of aliphatic hydroxyl groups is 1. The predicted octanol–water partition coefficient (Wildman–Crippen LogP) is 1.47. The van der Waals surface area contributed by atoms with Crippen molar-refractivity contribution in [3.63, 3.8) is 0 Å². The molecule has 0 radical (unpaired) electrons. The van der Waals surface area contributed by atoms with Gasteiger partial charge in [-0.25, -0.2) is 10.8 Å². The van der Waals surface area contributed by atoms with Crippen LogP contribution in [0.1, 0.15) is 21.7 Å². The molecule has 0 aliphatic rings. The molecular formula is C14H15N3O2S. The number of carbonyl (C=O) groups excluding carboxylic acids is 1. The monoisotopic (exact) mass is 289 g/mol. The third kappa shape index (κ3) is 3.80. The first-order valence-corrected chi connectivity index (χ1v) is 7.01. The number of nitrogen functional groups attached to an aromatic ring is 1. The average molecular weight is 289 g/mol. The van der Waals surface area contributed by atoms with Gasteiger partial charge >= 0.3 is 0 Å². The van der Waals surface area contributed by atoms with Crippen LogP contribution in [-0.2, 0) is 12.4 Å². The lowest BCUT2D eigenvalue weighted by atomic mass is 10.2. The summed E-state index contributed by atoms with van der Waals surface area (Å²) in [6, 6.07) is 12.9. The smallest absolute Gasteiger partial charge is 0.283 e. The third-order valence-corrected chi connectivity index (χ3v) is 3.71.